The van der Waals surface area contributed by atoms with E-state index in [4.69, 9.17) is 0 Å². The zero-order chi connectivity index (χ0) is 6.41. The molecule has 0 amide bonds. The summed E-state index contributed by atoms with van der Waals surface area (Å²) in [7, 11) is 1.57. The van der Waals surface area contributed by atoms with E-state index in [1.807, 2.05) is 0 Å². The lowest BCUT2D eigenvalue weighted by Gasteiger charge is -2.24. The van der Waals surface area contributed by atoms with E-state index >= 15 is 0 Å². The van der Waals surface area contributed by atoms with Crippen molar-refractivity contribution in [2.45, 2.75) is 0 Å². The summed E-state index contributed by atoms with van der Waals surface area (Å²) in [5, 5.41) is 11.0. The van der Waals surface area contributed by atoms with Crippen molar-refractivity contribution in [3.05, 3.63) is 5.21 Å². The molecule has 1 N–H and O–H groups in total. The Balaban J connectivity index is 2.97. The number of hydrogen-bond donors (Lipinski definition) is 1. The molecule has 0 aliphatic carbocycles. The van der Waals surface area contributed by atoms with Gasteiger partial charge in [0.05, 0.1) is 6.54 Å². The maximum absolute atomic E-state index is 10.3. The van der Waals surface area contributed by atoms with Crippen molar-refractivity contribution < 1.29 is 0 Å². The van der Waals surface area contributed by atoms with Gasteiger partial charge >= 0.3 is 0 Å². The van der Waals surface area contributed by atoms with E-state index < -0.39 is 0 Å². The minimum absolute atomic E-state index is 0.361. The molecular weight excluding hydrogens is 106 g/mol. The normalized spacial score (nSPS) is 9.88. The minimum atomic E-state index is 0.361. The van der Waals surface area contributed by atoms with E-state index in [0.717, 1.165) is 0 Å². The van der Waals surface area contributed by atoms with Gasteiger partial charge in [0.2, 0.25) is 0 Å². The van der Waals surface area contributed by atoms with Gasteiger partial charge in [-0.2, -0.15) is 0 Å². The van der Waals surface area contributed by atoms with Gasteiger partial charge in [-0.05, 0) is 13.8 Å². The van der Waals surface area contributed by atoms with Gasteiger partial charge in [0.25, 0.3) is 0 Å². The van der Waals surface area contributed by atoms with E-state index in [1.165, 1.54) is 0 Å². The van der Waals surface area contributed by atoms with Gasteiger partial charge in [0, 0.05) is 6.54 Å². The molecule has 48 valence electrons. The van der Waals surface area contributed by atoms with Crippen LogP contribution in [0.25, 0.3) is 0 Å². The Kier molecular flexibility index (Phi) is 4.44. The highest BCUT2D eigenvalue weighted by Crippen LogP contribution is 1.73. The average molecular weight is 116 g/mol. The third-order valence-corrected chi connectivity index (χ3v) is 0.711. The van der Waals surface area contributed by atoms with Gasteiger partial charge in [0.1, 0.15) is 0 Å². The number of hydroxylamine groups is 1. The maximum atomic E-state index is 10.3. The molecule has 0 saturated heterocycles. The number of nitrogens with one attached hydrogen (secondary N) is 1. The lowest BCUT2D eigenvalue weighted by molar-refractivity contribution is 0.309. The third-order valence-electron chi connectivity index (χ3n) is 0.711. The third kappa shape index (κ3) is 3.73. The highest BCUT2D eigenvalue weighted by molar-refractivity contribution is 5.23. The first kappa shape index (κ1) is 7.55. The van der Waals surface area contributed by atoms with Crippen LogP contribution in [0.5, 0.6) is 0 Å². The summed E-state index contributed by atoms with van der Waals surface area (Å²) >= 11 is 0. The Morgan fingerprint density at radius 2 is 2.50 bits per heavy atom. The van der Waals surface area contributed by atoms with E-state index in [9.17, 15) is 5.21 Å². The Hall–Kier alpha value is -0.450. The molecule has 0 rings (SSSR count). The van der Waals surface area contributed by atoms with Crippen LogP contribution >= 0.6 is 0 Å². The largest absolute Gasteiger partial charge is 0.772 e. The highest BCUT2D eigenvalue weighted by atomic mass is 16.5. The van der Waals surface area contributed by atoms with Gasteiger partial charge in [-0.25, -0.2) is 0 Å². The molecule has 0 saturated carbocycles. The predicted molar refractivity (Wildman–Crippen MR) is 33.5 cm³/mol. The maximum Gasteiger partial charge on any atom is 0.0512 e. The summed E-state index contributed by atoms with van der Waals surface area (Å²) in [6.45, 7) is 4.06. The summed E-state index contributed by atoms with van der Waals surface area (Å²) in [4.78, 5) is 3.49. The second kappa shape index (κ2) is 4.70. The minimum Gasteiger partial charge on any atom is -0.772 e. The lowest BCUT2D eigenvalue weighted by atomic mass is 10.7. The molecule has 8 heavy (non-hydrogen) atoms. The van der Waals surface area contributed by atoms with Gasteiger partial charge in [0.15, 0.2) is 0 Å². The molecule has 0 aromatic rings. The average Bonchev–Trinajstić information content (AvgIpc) is 1.83. The van der Waals surface area contributed by atoms with Crippen LogP contribution in [0.15, 0.2) is 4.99 Å². The SMILES string of the molecule is C=NCCN([O-])NC. The number of nitrogens with zero attached hydrogens (tertiary/aromatic N) is 2. The first-order valence-electron chi connectivity index (χ1n) is 2.35. The van der Waals surface area contributed by atoms with Crippen molar-refractivity contribution in [2.24, 2.45) is 4.99 Å². The zero-order valence-electron chi connectivity index (χ0n) is 4.92. The van der Waals surface area contributed by atoms with Crippen molar-refractivity contribution in [1.29, 1.82) is 0 Å². The summed E-state index contributed by atoms with van der Waals surface area (Å²) in [6.07, 6.45) is 0. The van der Waals surface area contributed by atoms with E-state index in [1.54, 1.807) is 7.05 Å². The van der Waals surface area contributed by atoms with Crippen LogP contribution in [0.4, 0.5) is 0 Å². The molecule has 0 fully saturated rings. The highest BCUT2D eigenvalue weighted by Gasteiger charge is 1.80. The molecule has 0 radical (unpaired) electrons. The van der Waals surface area contributed by atoms with E-state index in [0.29, 0.717) is 18.3 Å². The number of rotatable bonds is 4. The second-order valence-electron chi connectivity index (χ2n) is 1.27. The fourth-order valence-corrected chi connectivity index (χ4v) is 0.273. The van der Waals surface area contributed by atoms with Gasteiger partial charge < -0.3 is 10.4 Å². The van der Waals surface area contributed by atoms with Crippen molar-refractivity contribution in [3.8, 4) is 0 Å². The summed E-state index contributed by atoms with van der Waals surface area (Å²) in [5.41, 5.74) is 2.39. The first-order valence-corrected chi connectivity index (χ1v) is 2.35. The van der Waals surface area contributed by atoms with Crippen LogP contribution in [0.3, 0.4) is 0 Å². The van der Waals surface area contributed by atoms with Crippen LogP contribution in [0, 0.1) is 5.21 Å². The molecule has 0 bridgehead atoms. The van der Waals surface area contributed by atoms with E-state index in [-0.39, 0.29) is 0 Å². The topological polar surface area (TPSA) is 50.7 Å². The molecule has 0 aromatic carbocycles. The molecule has 0 aliphatic rings. The fraction of sp³-hybridized carbons (Fsp3) is 0.750. The molecule has 0 heterocycles. The molecule has 0 spiro atoms. The Bertz CT molecular complexity index is 66.3. The second-order valence-corrected chi connectivity index (χ2v) is 1.27. The molecule has 0 unspecified atom stereocenters. The van der Waals surface area contributed by atoms with Crippen molar-refractivity contribution >= 4 is 6.72 Å². The number of hydrogen-bond acceptors (Lipinski definition) is 4. The molecular formula is C4H10N3O-. The Morgan fingerprint density at radius 1 is 1.88 bits per heavy atom. The van der Waals surface area contributed by atoms with Crippen LogP contribution in [0.1, 0.15) is 0 Å². The van der Waals surface area contributed by atoms with E-state index in [2.05, 4.69) is 17.1 Å². The number of hydrazine groups is 1. The molecule has 4 nitrogen and oxygen atoms in total. The molecule has 0 atom stereocenters. The first-order chi connectivity index (χ1) is 3.81. The van der Waals surface area contributed by atoms with Gasteiger partial charge in [-0.3, -0.25) is 10.4 Å². The zero-order valence-corrected chi connectivity index (χ0v) is 4.92. The Morgan fingerprint density at radius 3 is 2.88 bits per heavy atom. The predicted octanol–water partition coefficient (Wildman–Crippen LogP) is -0.379. The van der Waals surface area contributed by atoms with Crippen LogP contribution in [-0.2, 0) is 0 Å². The standard InChI is InChI=1S/C4H10N3O/c1-5-3-4-7(8)6-2/h6H,1,3-4H2,2H3/q-1. The lowest BCUT2D eigenvalue weighted by Crippen LogP contribution is -2.30. The summed E-state index contributed by atoms with van der Waals surface area (Å²) in [6, 6.07) is 0. The quantitative estimate of drug-likeness (QED) is 0.402. The Labute approximate surface area is 48.8 Å². The summed E-state index contributed by atoms with van der Waals surface area (Å²) < 4.78 is 0. The van der Waals surface area contributed by atoms with Crippen LogP contribution in [0.2, 0.25) is 0 Å². The van der Waals surface area contributed by atoms with Crippen LogP contribution < -0.4 is 5.43 Å². The van der Waals surface area contributed by atoms with Crippen molar-refractivity contribution in [3.63, 3.8) is 0 Å². The number of aliphatic imine (C=N–C) groups is 1. The van der Waals surface area contributed by atoms with Crippen molar-refractivity contribution in [1.82, 2.24) is 10.6 Å². The summed E-state index contributed by atoms with van der Waals surface area (Å²) in [5.74, 6) is 0. The fourth-order valence-electron chi connectivity index (χ4n) is 0.273. The van der Waals surface area contributed by atoms with Gasteiger partial charge in [-0.1, -0.05) is 0 Å². The van der Waals surface area contributed by atoms with Crippen LogP contribution in [-0.4, -0.2) is 32.0 Å². The smallest absolute Gasteiger partial charge is 0.0512 e. The molecule has 0 aliphatic heterocycles. The molecule has 4 heteroatoms. The monoisotopic (exact) mass is 116 g/mol. The molecule has 0 aromatic heterocycles. The van der Waals surface area contributed by atoms with Crippen molar-refractivity contribution in [2.75, 3.05) is 20.1 Å². The van der Waals surface area contributed by atoms with Gasteiger partial charge in [-0.15, -0.1) is 0 Å².